The van der Waals surface area contributed by atoms with Crippen LogP contribution in [0, 0.1) is 20.8 Å². The Labute approximate surface area is 159 Å². The quantitative estimate of drug-likeness (QED) is 0.789. The summed E-state index contributed by atoms with van der Waals surface area (Å²) in [6.07, 6.45) is 1.56. The Morgan fingerprint density at radius 3 is 2.27 bits per heavy atom. The SMILES string of the molecule is Cc1cc(C)cc(C(=O)N(c2ccc(C)c(Cl)c2)[C@@H]2C=CS(=O)(=O)C2)c1. The number of carbonyl (C=O) groups excluding carboxylic acids is 1. The van der Waals surface area contributed by atoms with Gasteiger partial charge in [0.15, 0.2) is 9.84 Å². The molecule has 1 aliphatic rings. The minimum atomic E-state index is -3.31. The molecule has 1 amide bonds. The van der Waals surface area contributed by atoms with Gasteiger partial charge in [-0.05, 0) is 56.7 Å². The van der Waals surface area contributed by atoms with Gasteiger partial charge in [-0.1, -0.05) is 34.9 Å². The molecule has 0 aliphatic carbocycles. The second-order valence-electron chi connectivity index (χ2n) is 6.71. The standard InChI is InChI=1S/C20H20ClNO3S/c1-13-8-14(2)10-16(9-13)20(23)22(18-6-7-26(24,25)12-18)17-5-4-15(3)19(21)11-17/h4-11,18H,12H2,1-3H3/t18-/m1/s1. The predicted molar refractivity (Wildman–Crippen MR) is 106 cm³/mol. The maximum Gasteiger partial charge on any atom is 0.258 e. The van der Waals surface area contributed by atoms with E-state index in [1.54, 1.807) is 18.2 Å². The van der Waals surface area contributed by atoms with E-state index in [9.17, 15) is 13.2 Å². The van der Waals surface area contributed by atoms with Crippen molar-refractivity contribution < 1.29 is 13.2 Å². The van der Waals surface area contributed by atoms with Crippen LogP contribution in [0.25, 0.3) is 0 Å². The van der Waals surface area contributed by atoms with Crippen LogP contribution in [-0.2, 0) is 9.84 Å². The van der Waals surface area contributed by atoms with E-state index in [1.165, 1.54) is 10.3 Å². The molecule has 6 heteroatoms. The van der Waals surface area contributed by atoms with Gasteiger partial charge in [0.25, 0.3) is 5.91 Å². The van der Waals surface area contributed by atoms with Gasteiger partial charge in [-0.3, -0.25) is 4.79 Å². The van der Waals surface area contributed by atoms with Crippen molar-refractivity contribution in [2.24, 2.45) is 0 Å². The highest BCUT2D eigenvalue weighted by Gasteiger charge is 2.32. The van der Waals surface area contributed by atoms with Crippen molar-refractivity contribution in [2.45, 2.75) is 26.8 Å². The summed E-state index contributed by atoms with van der Waals surface area (Å²) in [5.74, 6) is -0.377. The molecule has 0 bridgehead atoms. The average molecular weight is 390 g/mol. The summed E-state index contributed by atoms with van der Waals surface area (Å²) >= 11 is 6.25. The van der Waals surface area contributed by atoms with Gasteiger partial charge in [-0.25, -0.2) is 8.42 Å². The molecule has 1 aliphatic heterocycles. The maximum atomic E-state index is 13.3. The monoisotopic (exact) mass is 389 g/mol. The number of hydrogen-bond acceptors (Lipinski definition) is 3. The first-order chi connectivity index (χ1) is 12.2. The van der Waals surface area contributed by atoms with Gasteiger partial charge in [0.2, 0.25) is 0 Å². The molecule has 0 spiro atoms. The summed E-state index contributed by atoms with van der Waals surface area (Å²) in [4.78, 5) is 14.8. The highest BCUT2D eigenvalue weighted by atomic mass is 35.5. The Bertz CT molecular complexity index is 991. The van der Waals surface area contributed by atoms with Gasteiger partial charge in [-0.2, -0.15) is 0 Å². The van der Waals surface area contributed by atoms with Crippen molar-refractivity contribution in [2.75, 3.05) is 10.7 Å². The van der Waals surface area contributed by atoms with Crippen LogP contribution >= 0.6 is 11.6 Å². The van der Waals surface area contributed by atoms with Crippen LogP contribution in [0.4, 0.5) is 5.69 Å². The molecule has 2 aromatic carbocycles. The summed E-state index contributed by atoms with van der Waals surface area (Å²) in [5, 5.41) is 1.71. The maximum absolute atomic E-state index is 13.3. The number of halogens is 1. The van der Waals surface area contributed by atoms with Crippen LogP contribution < -0.4 is 4.90 Å². The molecule has 3 rings (SSSR count). The zero-order valence-electron chi connectivity index (χ0n) is 14.9. The number of aryl methyl sites for hydroxylation is 3. The summed E-state index contributed by atoms with van der Waals surface area (Å²) in [7, 11) is -3.31. The first-order valence-electron chi connectivity index (χ1n) is 8.25. The normalized spacial score (nSPS) is 18.1. The van der Waals surface area contributed by atoms with E-state index in [-0.39, 0.29) is 11.7 Å². The number of amides is 1. The molecule has 0 radical (unpaired) electrons. The van der Waals surface area contributed by atoms with Crippen LogP contribution in [0.15, 0.2) is 47.9 Å². The van der Waals surface area contributed by atoms with Gasteiger partial charge in [-0.15, -0.1) is 0 Å². The lowest BCUT2D eigenvalue weighted by Gasteiger charge is -2.28. The molecule has 0 aromatic heterocycles. The van der Waals surface area contributed by atoms with Gasteiger partial charge in [0.1, 0.15) is 0 Å². The first kappa shape index (κ1) is 18.7. The third kappa shape index (κ3) is 3.84. The molecule has 0 saturated heterocycles. The van der Waals surface area contributed by atoms with E-state index in [2.05, 4.69) is 0 Å². The summed E-state index contributed by atoms with van der Waals surface area (Å²) in [5.41, 5.74) is 3.95. The van der Waals surface area contributed by atoms with Gasteiger partial charge < -0.3 is 4.90 Å². The first-order valence-corrected chi connectivity index (χ1v) is 10.3. The number of benzene rings is 2. The molecule has 4 nitrogen and oxygen atoms in total. The van der Waals surface area contributed by atoms with Crippen LogP contribution in [0.3, 0.4) is 0 Å². The number of sulfone groups is 1. The van der Waals surface area contributed by atoms with Crippen LogP contribution in [0.5, 0.6) is 0 Å². The van der Waals surface area contributed by atoms with Crippen LogP contribution in [0.2, 0.25) is 5.02 Å². The third-order valence-electron chi connectivity index (χ3n) is 4.36. The third-order valence-corrected chi connectivity index (χ3v) is 6.15. The van der Waals surface area contributed by atoms with Gasteiger partial charge in [0, 0.05) is 21.7 Å². The van der Waals surface area contributed by atoms with E-state index in [1.807, 2.05) is 45.0 Å². The van der Waals surface area contributed by atoms with Crippen LogP contribution in [-0.4, -0.2) is 26.1 Å². The lowest BCUT2D eigenvalue weighted by Crippen LogP contribution is -2.41. The number of hydrogen-bond donors (Lipinski definition) is 0. The van der Waals surface area contributed by atoms with Crippen LogP contribution in [0.1, 0.15) is 27.0 Å². The minimum Gasteiger partial charge on any atom is -0.300 e. The van der Waals surface area contributed by atoms with E-state index < -0.39 is 15.9 Å². The second-order valence-corrected chi connectivity index (χ2v) is 9.05. The minimum absolute atomic E-state index is 0.130. The van der Waals surface area contributed by atoms with Crippen molar-refractivity contribution in [1.29, 1.82) is 0 Å². The Kier molecular flexibility index (Phi) is 4.95. The number of nitrogens with zero attached hydrogens (tertiary/aromatic N) is 1. The lowest BCUT2D eigenvalue weighted by molar-refractivity contribution is 0.0983. The largest absolute Gasteiger partial charge is 0.300 e. The molecule has 2 aromatic rings. The fourth-order valence-corrected chi connectivity index (χ4v) is 4.59. The molecule has 0 N–H and O–H groups in total. The Morgan fingerprint density at radius 2 is 1.73 bits per heavy atom. The Hall–Kier alpha value is -2.11. The van der Waals surface area contributed by atoms with Crippen molar-refractivity contribution in [3.05, 3.63) is 75.2 Å². The van der Waals surface area contributed by atoms with Crippen molar-refractivity contribution in [3.63, 3.8) is 0 Å². The van der Waals surface area contributed by atoms with E-state index in [0.717, 1.165) is 16.7 Å². The van der Waals surface area contributed by atoms with E-state index in [0.29, 0.717) is 16.3 Å². The summed E-state index contributed by atoms with van der Waals surface area (Å²) in [6.45, 7) is 5.73. The number of anilines is 1. The molecular formula is C20H20ClNO3S. The Morgan fingerprint density at radius 1 is 1.08 bits per heavy atom. The van der Waals surface area contributed by atoms with Crippen molar-refractivity contribution >= 4 is 33.0 Å². The average Bonchev–Trinajstić information content (AvgIpc) is 2.89. The molecule has 0 unspecified atom stereocenters. The second kappa shape index (κ2) is 6.89. The van der Waals surface area contributed by atoms with Crippen molar-refractivity contribution in [3.8, 4) is 0 Å². The Balaban J connectivity index is 2.09. The molecule has 136 valence electrons. The molecule has 0 saturated carbocycles. The highest BCUT2D eigenvalue weighted by molar-refractivity contribution is 7.94. The molecule has 1 atom stereocenters. The van der Waals surface area contributed by atoms with E-state index >= 15 is 0 Å². The number of rotatable bonds is 3. The smallest absolute Gasteiger partial charge is 0.258 e. The fraction of sp³-hybridized carbons (Fsp3) is 0.250. The lowest BCUT2D eigenvalue weighted by atomic mass is 10.0. The molecule has 26 heavy (non-hydrogen) atoms. The zero-order chi connectivity index (χ0) is 19.1. The van der Waals surface area contributed by atoms with Crippen molar-refractivity contribution in [1.82, 2.24) is 0 Å². The molecule has 1 heterocycles. The van der Waals surface area contributed by atoms with Gasteiger partial charge in [0.05, 0.1) is 11.8 Å². The summed E-state index contributed by atoms with van der Waals surface area (Å²) in [6, 6.07) is 10.4. The molecular weight excluding hydrogens is 370 g/mol. The summed E-state index contributed by atoms with van der Waals surface area (Å²) < 4.78 is 23.8. The van der Waals surface area contributed by atoms with E-state index in [4.69, 9.17) is 11.6 Å². The zero-order valence-corrected chi connectivity index (χ0v) is 16.4. The predicted octanol–water partition coefficient (Wildman–Crippen LogP) is 4.22. The highest BCUT2D eigenvalue weighted by Crippen LogP contribution is 2.29. The topological polar surface area (TPSA) is 54.5 Å². The fourth-order valence-electron chi connectivity index (χ4n) is 3.15. The van der Waals surface area contributed by atoms with Gasteiger partial charge >= 0.3 is 0 Å². The number of carbonyl (C=O) groups is 1. The molecule has 0 fully saturated rings.